The summed E-state index contributed by atoms with van der Waals surface area (Å²) in [7, 11) is 1.68. The molecule has 0 saturated heterocycles. The van der Waals surface area contributed by atoms with Crippen molar-refractivity contribution < 1.29 is 22.8 Å². The molecule has 0 unspecified atom stereocenters. The van der Waals surface area contributed by atoms with Crippen molar-refractivity contribution in [2.24, 2.45) is 0 Å². The summed E-state index contributed by atoms with van der Waals surface area (Å²) in [6.45, 7) is 2.76. The van der Waals surface area contributed by atoms with Crippen LogP contribution in [0.2, 0.25) is 0 Å². The second kappa shape index (κ2) is 9.27. The molecule has 0 aromatic heterocycles. The number of likely N-dealkylation sites (N-methyl/N-ethyl adjacent to an activating group) is 1. The molecular weight excluding hydrogens is 323 g/mol. The van der Waals surface area contributed by atoms with E-state index in [4.69, 9.17) is 0 Å². The van der Waals surface area contributed by atoms with Gasteiger partial charge < -0.3 is 10.6 Å². The van der Waals surface area contributed by atoms with Crippen LogP contribution < -0.4 is 10.6 Å². The lowest BCUT2D eigenvalue weighted by Gasteiger charge is -2.17. The minimum Gasteiger partial charge on any atom is -0.355 e. The van der Waals surface area contributed by atoms with Crippen LogP contribution in [-0.4, -0.2) is 43.4 Å². The average Bonchev–Trinajstić information content (AvgIpc) is 2.50. The van der Waals surface area contributed by atoms with Gasteiger partial charge in [-0.2, -0.15) is 13.2 Å². The van der Waals surface area contributed by atoms with Crippen molar-refractivity contribution in [2.75, 3.05) is 26.7 Å². The molecule has 0 spiro atoms. The van der Waals surface area contributed by atoms with E-state index in [1.807, 2.05) is 6.92 Å². The Kier molecular flexibility index (Phi) is 7.70. The summed E-state index contributed by atoms with van der Waals surface area (Å²) >= 11 is 0. The second-order valence-corrected chi connectivity index (χ2v) is 5.49. The van der Waals surface area contributed by atoms with E-state index in [9.17, 15) is 22.8 Å². The number of carbonyl (C=O) groups is 2. The Morgan fingerprint density at radius 1 is 1.08 bits per heavy atom. The monoisotopic (exact) mass is 345 g/mol. The Bertz CT molecular complexity index is 544. The number of rotatable bonds is 8. The van der Waals surface area contributed by atoms with Crippen molar-refractivity contribution in [3.8, 4) is 0 Å². The molecule has 0 bridgehead atoms. The predicted molar refractivity (Wildman–Crippen MR) is 84.1 cm³/mol. The number of alkyl halides is 3. The van der Waals surface area contributed by atoms with E-state index in [1.54, 1.807) is 11.9 Å². The third-order valence-electron chi connectivity index (χ3n) is 3.17. The summed E-state index contributed by atoms with van der Waals surface area (Å²) in [6, 6.07) is 4.80. The molecule has 0 aliphatic heterocycles. The number of carbonyl (C=O) groups excluding carboxylic acids is 2. The molecule has 0 fully saturated rings. The molecule has 1 rings (SSSR count). The minimum absolute atomic E-state index is 0.0437. The molecule has 24 heavy (non-hydrogen) atoms. The first-order valence-electron chi connectivity index (χ1n) is 7.60. The minimum atomic E-state index is -4.36. The zero-order chi connectivity index (χ0) is 18.2. The van der Waals surface area contributed by atoms with Crippen LogP contribution in [0.25, 0.3) is 0 Å². The van der Waals surface area contributed by atoms with Crippen molar-refractivity contribution >= 4 is 11.8 Å². The van der Waals surface area contributed by atoms with Crippen molar-refractivity contribution in [3.05, 3.63) is 35.4 Å². The highest BCUT2D eigenvalue weighted by atomic mass is 19.4. The van der Waals surface area contributed by atoms with Gasteiger partial charge in [0.05, 0.1) is 18.7 Å². The highest BCUT2D eigenvalue weighted by Crippen LogP contribution is 2.29. The standard InChI is InChI=1S/C16H22F3N3O2/c1-3-8-20-14(23)9-21-15(24)11-22(2)10-12-4-6-13(7-5-12)16(17,18)19/h4-7H,3,8-11H2,1-2H3,(H,20,23)(H,21,24). The van der Waals surface area contributed by atoms with Gasteiger partial charge in [-0.15, -0.1) is 0 Å². The van der Waals surface area contributed by atoms with Crippen molar-refractivity contribution in [1.29, 1.82) is 0 Å². The lowest BCUT2D eigenvalue weighted by Crippen LogP contribution is -2.41. The van der Waals surface area contributed by atoms with Gasteiger partial charge in [-0.3, -0.25) is 14.5 Å². The lowest BCUT2D eigenvalue weighted by molar-refractivity contribution is -0.137. The Morgan fingerprint density at radius 2 is 1.71 bits per heavy atom. The Balaban J connectivity index is 2.38. The first-order valence-corrected chi connectivity index (χ1v) is 7.60. The Hall–Kier alpha value is -2.09. The van der Waals surface area contributed by atoms with Gasteiger partial charge in [-0.1, -0.05) is 19.1 Å². The van der Waals surface area contributed by atoms with Gasteiger partial charge in [0.1, 0.15) is 0 Å². The van der Waals surface area contributed by atoms with Gasteiger partial charge in [0, 0.05) is 13.1 Å². The molecule has 0 aliphatic carbocycles. The molecule has 8 heteroatoms. The summed E-state index contributed by atoms with van der Waals surface area (Å²) in [5.74, 6) is -0.577. The first-order chi connectivity index (χ1) is 11.2. The zero-order valence-electron chi connectivity index (χ0n) is 13.7. The Morgan fingerprint density at radius 3 is 2.25 bits per heavy atom. The van der Waals surface area contributed by atoms with E-state index in [1.165, 1.54) is 12.1 Å². The summed E-state index contributed by atoms with van der Waals surface area (Å²) in [6.07, 6.45) is -3.54. The number of nitrogens with zero attached hydrogens (tertiary/aromatic N) is 1. The van der Waals surface area contributed by atoms with Gasteiger partial charge in [0.15, 0.2) is 0 Å². The number of halogens is 3. The number of benzene rings is 1. The van der Waals surface area contributed by atoms with E-state index in [0.29, 0.717) is 18.7 Å². The maximum atomic E-state index is 12.5. The predicted octanol–water partition coefficient (Wildman–Crippen LogP) is 1.78. The van der Waals surface area contributed by atoms with Gasteiger partial charge in [-0.25, -0.2) is 0 Å². The maximum absolute atomic E-state index is 12.5. The largest absolute Gasteiger partial charge is 0.416 e. The van der Waals surface area contributed by atoms with Crippen LogP contribution >= 0.6 is 0 Å². The van der Waals surface area contributed by atoms with Gasteiger partial charge in [-0.05, 0) is 31.2 Å². The third kappa shape index (κ3) is 7.45. The fourth-order valence-corrected chi connectivity index (χ4v) is 1.97. The van der Waals surface area contributed by atoms with Crippen LogP contribution in [-0.2, 0) is 22.3 Å². The number of amides is 2. The third-order valence-corrected chi connectivity index (χ3v) is 3.17. The molecule has 1 aromatic rings. The molecular formula is C16H22F3N3O2. The van der Waals surface area contributed by atoms with E-state index >= 15 is 0 Å². The van der Waals surface area contributed by atoms with Crippen LogP contribution in [0.1, 0.15) is 24.5 Å². The molecule has 5 nitrogen and oxygen atoms in total. The van der Waals surface area contributed by atoms with Crippen LogP contribution in [0, 0.1) is 0 Å². The molecule has 2 amide bonds. The zero-order valence-corrected chi connectivity index (χ0v) is 13.7. The molecule has 0 heterocycles. The fourth-order valence-electron chi connectivity index (χ4n) is 1.97. The van der Waals surface area contributed by atoms with E-state index in [0.717, 1.165) is 18.6 Å². The fraction of sp³-hybridized carbons (Fsp3) is 0.500. The Labute approximate surface area is 139 Å². The van der Waals surface area contributed by atoms with Crippen LogP contribution in [0.4, 0.5) is 13.2 Å². The summed E-state index contributed by atoms with van der Waals surface area (Å²) in [5.41, 5.74) is -0.0382. The quantitative estimate of drug-likeness (QED) is 0.755. The van der Waals surface area contributed by atoms with Crippen LogP contribution in [0.5, 0.6) is 0 Å². The normalized spacial score (nSPS) is 11.4. The van der Waals surface area contributed by atoms with E-state index in [-0.39, 0.29) is 24.9 Å². The van der Waals surface area contributed by atoms with E-state index in [2.05, 4.69) is 10.6 Å². The van der Waals surface area contributed by atoms with Crippen LogP contribution in [0.3, 0.4) is 0 Å². The highest BCUT2D eigenvalue weighted by Gasteiger charge is 2.29. The van der Waals surface area contributed by atoms with Gasteiger partial charge >= 0.3 is 6.18 Å². The first kappa shape index (κ1) is 20.0. The molecule has 0 atom stereocenters. The van der Waals surface area contributed by atoms with Crippen LogP contribution in [0.15, 0.2) is 24.3 Å². The number of hydrogen-bond donors (Lipinski definition) is 2. The summed E-state index contributed by atoms with van der Waals surface area (Å²) in [4.78, 5) is 24.7. The van der Waals surface area contributed by atoms with E-state index < -0.39 is 11.7 Å². The molecule has 1 aromatic carbocycles. The van der Waals surface area contributed by atoms with Crippen molar-refractivity contribution in [2.45, 2.75) is 26.1 Å². The molecule has 0 saturated carbocycles. The number of hydrogen-bond acceptors (Lipinski definition) is 3. The molecule has 0 radical (unpaired) electrons. The summed E-state index contributed by atoms with van der Waals surface area (Å²) < 4.78 is 37.5. The maximum Gasteiger partial charge on any atom is 0.416 e. The van der Waals surface area contributed by atoms with Gasteiger partial charge in [0.2, 0.25) is 11.8 Å². The molecule has 2 N–H and O–H groups in total. The number of nitrogens with one attached hydrogen (secondary N) is 2. The highest BCUT2D eigenvalue weighted by molar-refractivity contribution is 5.85. The average molecular weight is 345 g/mol. The molecule has 134 valence electrons. The van der Waals surface area contributed by atoms with Crippen molar-refractivity contribution in [3.63, 3.8) is 0 Å². The summed E-state index contributed by atoms with van der Waals surface area (Å²) in [5, 5.41) is 5.13. The topological polar surface area (TPSA) is 61.4 Å². The van der Waals surface area contributed by atoms with Gasteiger partial charge in [0.25, 0.3) is 0 Å². The SMILES string of the molecule is CCCNC(=O)CNC(=O)CN(C)Cc1ccc(C(F)(F)F)cc1. The lowest BCUT2D eigenvalue weighted by atomic mass is 10.1. The second-order valence-electron chi connectivity index (χ2n) is 5.49. The van der Waals surface area contributed by atoms with Crippen molar-refractivity contribution in [1.82, 2.24) is 15.5 Å². The molecule has 0 aliphatic rings. The smallest absolute Gasteiger partial charge is 0.355 e.